The third-order valence-electron chi connectivity index (χ3n) is 2.75. The molecule has 0 heterocycles. The Kier molecular flexibility index (Phi) is 7.22. The molecule has 0 radical (unpaired) electrons. The van der Waals surface area contributed by atoms with Gasteiger partial charge in [0.05, 0.1) is 6.04 Å². The highest BCUT2D eigenvalue weighted by molar-refractivity contribution is 5.16. The fourth-order valence-electron chi connectivity index (χ4n) is 1.88. The van der Waals surface area contributed by atoms with Crippen molar-refractivity contribution in [3.8, 4) is 11.8 Å². The van der Waals surface area contributed by atoms with E-state index in [0.717, 1.165) is 25.7 Å². The van der Waals surface area contributed by atoms with Gasteiger partial charge >= 0.3 is 0 Å². The van der Waals surface area contributed by atoms with Gasteiger partial charge in [-0.1, -0.05) is 43.2 Å². The molecule has 1 atom stereocenters. The summed E-state index contributed by atoms with van der Waals surface area (Å²) in [5, 5.41) is 3.54. The first-order valence-electron chi connectivity index (χ1n) is 7.00. The van der Waals surface area contributed by atoms with Gasteiger partial charge in [-0.2, -0.15) is 0 Å². The number of hydrogen-bond donors (Lipinski definition) is 1. The van der Waals surface area contributed by atoms with Crippen molar-refractivity contribution < 1.29 is 0 Å². The zero-order chi connectivity index (χ0) is 13.2. The van der Waals surface area contributed by atoms with E-state index in [9.17, 15) is 0 Å². The molecule has 0 saturated heterocycles. The predicted molar refractivity (Wildman–Crippen MR) is 79.5 cm³/mol. The summed E-state index contributed by atoms with van der Waals surface area (Å²) >= 11 is 0. The molecule has 1 aromatic carbocycles. The first kappa shape index (κ1) is 14.8. The molecular formula is C17H25N. The van der Waals surface area contributed by atoms with E-state index < -0.39 is 0 Å². The SMILES string of the molecule is CCCC#CC(CCc1ccccc1)NC(C)C. The summed E-state index contributed by atoms with van der Waals surface area (Å²) < 4.78 is 0. The Morgan fingerprint density at radius 2 is 1.89 bits per heavy atom. The van der Waals surface area contributed by atoms with Crippen molar-refractivity contribution in [3.63, 3.8) is 0 Å². The zero-order valence-electron chi connectivity index (χ0n) is 11.9. The van der Waals surface area contributed by atoms with E-state index in [2.05, 4.69) is 68.3 Å². The lowest BCUT2D eigenvalue weighted by atomic mass is 10.0. The Morgan fingerprint density at radius 3 is 2.50 bits per heavy atom. The van der Waals surface area contributed by atoms with Crippen LogP contribution >= 0.6 is 0 Å². The highest BCUT2D eigenvalue weighted by Gasteiger charge is 2.06. The number of hydrogen-bond acceptors (Lipinski definition) is 1. The van der Waals surface area contributed by atoms with E-state index in [1.807, 2.05) is 0 Å². The topological polar surface area (TPSA) is 12.0 Å². The normalized spacial score (nSPS) is 12.0. The largest absolute Gasteiger partial charge is 0.301 e. The molecule has 18 heavy (non-hydrogen) atoms. The van der Waals surface area contributed by atoms with Gasteiger partial charge in [-0.05, 0) is 38.7 Å². The Hall–Kier alpha value is -1.26. The van der Waals surface area contributed by atoms with Gasteiger partial charge in [-0.3, -0.25) is 0 Å². The van der Waals surface area contributed by atoms with Gasteiger partial charge in [-0.15, -0.1) is 5.92 Å². The van der Waals surface area contributed by atoms with Crippen LogP contribution in [0.2, 0.25) is 0 Å². The van der Waals surface area contributed by atoms with Gasteiger partial charge in [0.2, 0.25) is 0 Å². The molecule has 1 nitrogen and oxygen atoms in total. The lowest BCUT2D eigenvalue weighted by Crippen LogP contribution is -2.34. The maximum atomic E-state index is 3.54. The number of unbranched alkanes of at least 4 members (excludes halogenated alkanes) is 1. The minimum Gasteiger partial charge on any atom is -0.301 e. The standard InChI is InChI=1S/C17H25N/c1-4-5-7-12-17(18-15(2)3)14-13-16-10-8-6-9-11-16/h6,8-11,15,17-18H,4-5,13-14H2,1-3H3. The minimum atomic E-state index is 0.316. The van der Waals surface area contributed by atoms with E-state index >= 15 is 0 Å². The Bertz CT molecular complexity index is 370. The highest BCUT2D eigenvalue weighted by Crippen LogP contribution is 2.05. The summed E-state index contributed by atoms with van der Waals surface area (Å²) in [4.78, 5) is 0. The molecule has 0 amide bonds. The van der Waals surface area contributed by atoms with Crippen LogP contribution in [0.1, 0.15) is 45.6 Å². The molecule has 1 heteroatoms. The van der Waals surface area contributed by atoms with Crippen molar-refractivity contribution in [2.45, 2.75) is 58.5 Å². The third kappa shape index (κ3) is 6.47. The third-order valence-corrected chi connectivity index (χ3v) is 2.75. The summed E-state index contributed by atoms with van der Waals surface area (Å²) in [6.45, 7) is 6.53. The summed E-state index contributed by atoms with van der Waals surface area (Å²) in [5.74, 6) is 6.63. The van der Waals surface area contributed by atoms with Crippen LogP contribution in [-0.4, -0.2) is 12.1 Å². The van der Waals surface area contributed by atoms with Crippen molar-refractivity contribution in [1.82, 2.24) is 5.32 Å². The van der Waals surface area contributed by atoms with Gasteiger partial charge in [0, 0.05) is 12.5 Å². The number of benzene rings is 1. The average molecular weight is 243 g/mol. The van der Waals surface area contributed by atoms with E-state index in [4.69, 9.17) is 0 Å². The lowest BCUT2D eigenvalue weighted by Gasteiger charge is -2.16. The molecule has 0 saturated carbocycles. The van der Waals surface area contributed by atoms with Crippen LogP contribution in [-0.2, 0) is 6.42 Å². The number of nitrogens with one attached hydrogen (secondary N) is 1. The van der Waals surface area contributed by atoms with E-state index in [-0.39, 0.29) is 0 Å². The quantitative estimate of drug-likeness (QED) is 0.750. The number of aryl methyl sites for hydroxylation is 1. The molecule has 0 spiro atoms. The van der Waals surface area contributed by atoms with Gasteiger partial charge in [0.1, 0.15) is 0 Å². The van der Waals surface area contributed by atoms with Crippen LogP contribution in [0.5, 0.6) is 0 Å². The van der Waals surface area contributed by atoms with Crippen molar-refractivity contribution in [2.24, 2.45) is 0 Å². The summed E-state index contributed by atoms with van der Waals surface area (Å²) in [6.07, 6.45) is 4.31. The van der Waals surface area contributed by atoms with Crippen LogP contribution in [0.3, 0.4) is 0 Å². The maximum Gasteiger partial charge on any atom is 0.0694 e. The first-order valence-corrected chi connectivity index (χ1v) is 7.00. The lowest BCUT2D eigenvalue weighted by molar-refractivity contribution is 0.509. The molecule has 1 unspecified atom stereocenters. The molecule has 1 rings (SSSR count). The van der Waals surface area contributed by atoms with Gasteiger partial charge in [0.15, 0.2) is 0 Å². The van der Waals surface area contributed by atoms with E-state index in [1.165, 1.54) is 5.56 Å². The number of rotatable bonds is 6. The van der Waals surface area contributed by atoms with Crippen molar-refractivity contribution in [1.29, 1.82) is 0 Å². The monoisotopic (exact) mass is 243 g/mol. The van der Waals surface area contributed by atoms with Crippen LogP contribution in [0.25, 0.3) is 0 Å². The second kappa shape index (κ2) is 8.78. The maximum absolute atomic E-state index is 3.54. The zero-order valence-corrected chi connectivity index (χ0v) is 11.9. The van der Waals surface area contributed by atoms with Crippen molar-refractivity contribution in [3.05, 3.63) is 35.9 Å². The van der Waals surface area contributed by atoms with Crippen LogP contribution in [0.15, 0.2) is 30.3 Å². The molecule has 0 bridgehead atoms. The van der Waals surface area contributed by atoms with Gasteiger partial charge < -0.3 is 5.32 Å². The van der Waals surface area contributed by atoms with E-state index in [0.29, 0.717) is 12.1 Å². The van der Waals surface area contributed by atoms with Crippen molar-refractivity contribution >= 4 is 0 Å². The van der Waals surface area contributed by atoms with E-state index in [1.54, 1.807) is 0 Å². The molecule has 0 fully saturated rings. The smallest absolute Gasteiger partial charge is 0.0694 e. The second-order valence-electron chi connectivity index (χ2n) is 4.97. The Labute approximate surface area is 112 Å². The van der Waals surface area contributed by atoms with Crippen LogP contribution < -0.4 is 5.32 Å². The van der Waals surface area contributed by atoms with Gasteiger partial charge in [0.25, 0.3) is 0 Å². The molecule has 98 valence electrons. The van der Waals surface area contributed by atoms with Gasteiger partial charge in [-0.25, -0.2) is 0 Å². The molecule has 1 aromatic rings. The fourth-order valence-corrected chi connectivity index (χ4v) is 1.88. The molecule has 1 N–H and O–H groups in total. The molecule has 0 aliphatic rings. The average Bonchev–Trinajstić information content (AvgIpc) is 2.37. The Morgan fingerprint density at radius 1 is 1.17 bits per heavy atom. The predicted octanol–water partition coefficient (Wildman–Crippen LogP) is 3.79. The molecule has 0 aliphatic carbocycles. The minimum absolute atomic E-state index is 0.316. The highest BCUT2D eigenvalue weighted by atomic mass is 14.9. The van der Waals surface area contributed by atoms with Crippen LogP contribution in [0.4, 0.5) is 0 Å². The first-order chi connectivity index (χ1) is 8.72. The second-order valence-corrected chi connectivity index (χ2v) is 4.97. The molecule has 0 aliphatic heterocycles. The molecule has 0 aromatic heterocycles. The Balaban J connectivity index is 2.48. The fraction of sp³-hybridized carbons (Fsp3) is 0.529. The van der Waals surface area contributed by atoms with Crippen LogP contribution in [0, 0.1) is 11.8 Å². The summed E-state index contributed by atoms with van der Waals surface area (Å²) in [5.41, 5.74) is 1.39. The molecular weight excluding hydrogens is 218 g/mol. The van der Waals surface area contributed by atoms with Crippen molar-refractivity contribution in [2.75, 3.05) is 0 Å². The summed E-state index contributed by atoms with van der Waals surface area (Å²) in [6, 6.07) is 11.4. The summed E-state index contributed by atoms with van der Waals surface area (Å²) in [7, 11) is 0.